The van der Waals surface area contributed by atoms with E-state index >= 15 is 0 Å². The first-order valence-electron chi connectivity index (χ1n) is 7.66. The van der Waals surface area contributed by atoms with Crippen molar-refractivity contribution in [3.63, 3.8) is 0 Å². The highest BCUT2D eigenvalue weighted by atomic mass is 32.1. The Morgan fingerprint density at radius 3 is 2.48 bits per heavy atom. The highest BCUT2D eigenvalue weighted by Crippen LogP contribution is 2.44. The van der Waals surface area contributed by atoms with Gasteiger partial charge in [-0.25, -0.2) is 9.97 Å². The lowest BCUT2D eigenvalue weighted by Gasteiger charge is -2.41. The number of hydrogen-bond acceptors (Lipinski definition) is 5. The van der Waals surface area contributed by atoms with E-state index in [4.69, 9.17) is 9.98 Å². The summed E-state index contributed by atoms with van der Waals surface area (Å²) >= 11 is 1.63. The first-order valence-corrected chi connectivity index (χ1v) is 8.54. The zero-order valence-corrected chi connectivity index (χ0v) is 14.5. The van der Waals surface area contributed by atoms with E-state index in [1.54, 1.807) is 11.3 Å². The molecule has 2 aromatic heterocycles. The smallest absolute Gasteiger partial charge is 0.109 e. The zero-order valence-electron chi connectivity index (χ0n) is 13.7. The van der Waals surface area contributed by atoms with Gasteiger partial charge >= 0.3 is 0 Å². The molecule has 0 bridgehead atoms. The molecular weight excluding hydrogens is 304 g/mol. The van der Waals surface area contributed by atoms with Crippen LogP contribution in [0.5, 0.6) is 0 Å². The Morgan fingerprint density at radius 2 is 1.70 bits per heavy atom. The summed E-state index contributed by atoms with van der Waals surface area (Å²) in [4.78, 5) is 20.1. The van der Waals surface area contributed by atoms with Gasteiger partial charge < -0.3 is 0 Å². The third-order valence-corrected chi connectivity index (χ3v) is 5.82. The minimum atomic E-state index is -0.253. The molecule has 0 atom stereocenters. The van der Waals surface area contributed by atoms with Crippen molar-refractivity contribution in [2.75, 3.05) is 0 Å². The summed E-state index contributed by atoms with van der Waals surface area (Å²) in [7, 11) is 0. The fraction of sp³-hybridized carbons (Fsp3) is 0.333. The van der Waals surface area contributed by atoms with Gasteiger partial charge in [0, 0.05) is 5.41 Å². The van der Waals surface area contributed by atoms with Crippen molar-refractivity contribution in [3.05, 3.63) is 52.2 Å². The van der Waals surface area contributed by atoms with Crippen LogP contribution in [-0.4, -0.2) is 26.2 Å². The third kappa shape index (κ3) is 2.03. The number of thiazole rings is 1. The average Bonchev–Trinajstić information content (AvgIpc) is 3.01. The number of nitrogens with zero attached hydrogens (tertiary/aromatic N) is 4. The van der Waals surface area contributed by atoms with E-state index in [0.717, 1.165) is 33.0 Å². The standard InChI is InChI=1S/C18H18N4S/c1-17(2)16-15(23-10-20-16)14(22-18(17,3)4)13-9-19-11-7-5-6-8-12(11)21-13/h5-10H,1-4H3. The van der Waals surface area contributed by atoms with Crippen LogP contribution in [-0.2, 0) is 5.41 Å². The van der Waals surface area contributed by atoms with Crippen LogP contribution in [0.2, 0.25) is 0 Å². The van der Waals surface area contributed by atoms with E-state index in [9.17, 15) is 0 Å². The molecule has 0 spiro atoms. The minimum absolute atomic E-state index is 0.115. The van der Waals surface area contributed by atoms with Crippen LogP contribution in [0.1, 0.15) is 44.0 Å². The maximum atomic E-state index is 5.04. The Bertz CT molecular complexity index is 937. The molecule has 23 heavy (non-hydrogen) atoms. The van der Waals surface area contributed by atoms with Gasteiger partial charge in [-0.2, -0.15) is 0 Å². The van der Waals surface area contributed by atoms with E-state index < -0.39 is 0 Å². The van der Waals surface area contributed by atoms with Crippen molar-refractivity contribution in [1.82, 2.24) is 15.0 Å². The second-order valence-corrected chi connectivity index (χ2v) is 7.77. The minimum Gasteiger partial charge on any atom is -0.274 e. The van der Waals surface area contributed by atoms with Gasteiger partial charge in [-0.05, 0) is 26.0 Å². The number of para-hydroxylation sites is 2. The molecule has 116 valence electrons. The molecule has 5 heteroatoms. The van der Waals surface area contributed by atoms with Crippen molar-refractivity contribution >= 4 is 28.1 Å². The number of fused-ring (bicyclic) bond motifs is 2. The fourth-order valence-electron chi connectivity index (χ4n) is 2.86. The lowest BCUT2D eigenvalue weighted by Crippen LogP contribution is -2.46. The molecule has 0 amide bonds. The molecular formula is C18H18N4S. The van der Waals surface area contributed by atoms with E-state index in [1.165, 1.54) is 0 Å². The molecule has 0 saturated carbocycles. The predicted octanol–water partition coefficient (Wildman–Crippen LogP) is 3.99. The Hall–Kier alpha value is -2.14. The van der Waals surface area contributed by atoms with Crippen LogP contribution in [0.3, 0.4) is 0 Å². The summed E-state index contributed by atoms with van der Waals surface area (Å²) in [5.74, 6) is 0. The summed E-state index contributed by atoms with van der Waals surface area (Å²) in [6.07, 6.45) is 1.82. The van der Waals surface area contributed by atoms with Crippen LogP contribution in [0.15, 0.2) is 41.0 Å². The molecule has 3 heterocycles. The van der Waals surface area contributed by atoms with Gasteiger partial charge in [0.05, 0.1) is 38.9 Å². The van der Waals surface area contributed by atoms with Gasteiger partial charge in [0.2, 0.25) is 0 Å². The van der Waals surface area contributed by atoms with E-state index in [2.05, 4.69) is 37.7 Å². The molecule has 0 saturated heterocycles. The Balaban J connectivity index is 1.95. The SMILES string of the molecule is CC1(C)N=C(c2cnc3ccccc3n2)c2scnc2C1(C)C. The number of benzene rings is 1. The van der Waals surface area contributed by atoms with Crippen molar-refractivity contribution in [2.24, 2.45) is 4.99 Å². The molecule has 1 aromatic carbocycles. The van der Waals surface area contributed by atoms with Crippen LogP contribution in [0.4, 0.5) is 0 Å². The molecule has 0 unspecified atom stereocenters. The van der Waals surface area contributed by atoms with Gasteiger partial charge in [0.15, 0.2) is 0 Å². The maximum Gasteiger partial charge on any atom is 0.109 e. The van der Waals surface area contributed by atoms with Gasteiger partial charge in [-0.1, -0.05) is 26.0 Å². The van der Waals surface area contributed by atoms with Gasteiger partial charge in [0.25, 0.3) is 0 Å². The van der Waals surface area contributed by atoms with E-state index in [1.807, 2.05) is 36.0 Å². The van der Waals surface area contributed by atoms with Gasteiger partial charge in [-0.15, -0.1) is 11.3 Å². The van der Waals surface area contributed by atoms with E-state index in [0.29, 0.717) is 0 Å². The zero-order chi connectivity index (χ0) is 16.2. The molecule has 0 fully saturated rings. The molecule has 0 radical (unpaired) electrons. The summed E-state index contributed by atoms with van der Waals surface area (Å²) in [5, 5.41) is 0. The summed E-state index contributed by atoms with van der Waals surface area (Å²) in [6, 6.07) is 7.91. The predicted molar refractivity (Wildman–Crippen MR) is 94.4 cm³/mol. The number of aromatic nitrogens is 3. The van der Waals surface area contributed by atoms with Crippen molar-refractivity contribution in [3.8, 4) is 0 Å². The van der Waals surface area contributed by atoms with Gasteiger partial charge in [0.1, 0.15) is 11.4 Å². The lowest BCUT2D eigenvalue weighted by atomic mass is 9.70. The Morgan fingerprint density at radius 1 is 0.957 bits per heavy atom. The number of hydrogen-bond donors (Lipinski definition) is 0. The quantitative estimate of drug-likeness (QED) is 0.680. The fourth-order valence-corrected chi connectivity index (χ4v) is 3.81. The molecule has 1 aliphatic rings. The molecule has 1 aliphatic heterocycles. The first kappa shape index (κ1) is 14.5. The third-order valence-electron chi connectivity index (χ3n) is 4.99. The Labute approximate surface area is 139 Å². The largest absolute Gasteiger partial charge is 0.274 e. The normalized spacial score (nSPS) is 18.5. The average molecular weight is 322 g/mol. The first-order chi connectivity index (χ1) is 10.9. The highest BCUT2D eigenvalue weighted by Gasteiger charge is 2.46. The summed E-state index contributed by atoms with van der Waals surface area (Å²) < 4.78 is 0. The van der Waals surface area contributed by atoms with Crippen LogP contribution in [0.25, 0.3) is 11.0 Å². The van der Waals surface area contributed by atoms with Crippen LogP contribution in [0, 0.1) is 0 Å². The van der Waals surface area contributed by atoms with Crippen LogP contribution < -0.4 is 0 Å². The second kappa shape index (κ2) is 4.68. The summed E-state index contributed by atoms with van der Waals surface area (Å²) in [5.41, 5.74) is 6.15. The second-order valence-electron chi connectivity index (χ2n) is 6.92. The molecule has 3 aromatic rings. The lowest BCUT2D eigenvalue weighted by molar-refractivity contribution is 0.297. The van der Waals surface area contributed by atoms with Crippen molar-refractivity contribution in [1.29, 1.82) is 0 Å². The Kier molecular flexibility index (Phi) is 2.94. The van der Waals surface area contributed by atoms with E-state index in [-0.39, 0.29) is 11.0 Å². The number of aliphatic imine (C=N–C) groups is 1. The van der Waals surface area contributed by atoms with Crippen molar-refractivity contribution in [2.45, 2.75) is 38.6 Å². The van der Waals surface area contributed by atoms with Gasteiger partial charge in [-0.3, -0.25) is 9.98 Å². The topological polar surface area (TPSA) is 51.0 Å². The number of rotatable bonds is 1. The summed E-state index contributed by atoms with van der Waals surface area (Å²) in [6.45, 7) is 8.73. The van der Waals surface area contributed by atoms with Crippen LogP contribution >= 0.6 is 11.3 Å². The maximum absolute atomic E-state index is 5.04. The molecule has 0 N–H and O–H groups in total. The van der Waals surface area contributed by atoms with Crippen molar-refractivity contribution < 1.29 is 0 Å². The molecule has 4 rings (SSSR count). The molecule has 0 aliphatic carbocycles. The monoisotopic (exact) mass is 322 g/mol. The highest BCUT2D eigenvalue weighted by molar-refractivity contribution is 7.12. The molecule has 4 nitrogen and oxygen atoms in total.